The number of benzene rings is 1. The zero-order valence-electron chi connectivity index (χ0n) is 10.9. The molecule has 0 amide bonds. The number of carboxylic acids is 1. The van der Waals surface area contributed by atoms with E-state index in [-0.39, 0.29) is 5.75 Å². The number of hydrogen-bond donors (Lipinski definition) is 1. The Hall–Kier alpha value is -2.48. The van der Waals surface area contributed by atoms with Crippen LogP contribution in [0.3, 0.4) is 0 Å². The van der Waals surface area contributed by atoms with E-state index in [2.05, 4.69) is 20.3 Å². The Morgan fingerprint density at radius 2 is 2.05 bits per heavy atom. The van der Waals surface area contributed by atoms with Crippen LogP contribution in [0.25, 0.3) is 11.2 Å². The molecule has 0 saturated heterocycles. The fraction of sp³-hybridized carbons (Fsp3) is 0.154. The van der Waals surface area contributed by atoms with E-state index < -0.39 is 5.97 Å². The Kier molecular flexibility index (Phi) is 3.78. The largest absolute Gasteiger partial charge is 0.481 e. The second kappa shape index (κ2) is 5.88. The van der Waals surface area contributed by atoms with E-state index in [1.807, 2.05) is 30.3 Å². The zero-order chi connectivity index (χ0) is 14.7. The van der Waals surface area contributed by atoms with Crippen LogP contribution in [-0.2, 0) is 11.3 Å². The first kappa shape index (κ1) is 13.5. The van der Waals surface area contributed by atoms with Crippen molar-refractivity contribution in [2.24, 2.45) is 0 Å². The topological polar surface area (TPSA) is 93.8 Å². The average molecular weight is 301 g/mol. The van der Waals surface area contributed by atoms with Gasteiger partial charge in [-0.05, 0) is 5.56 Å². The van der Waals surface area contributed by atoms with Crippen LogP contribution >= 0.6 is 11.8 Å². The highest BCUT2D eigenvalue weighted by molar-refractivity contribution is 8.00. The summed E-state index contributed by atoms with van der Waals surface area (Å²) in [4.78, 5) is 18.9. The summed E-state index contributed by atoms with van der Waals surface area (Å²) < 4.78 is 1.68. The standard InChI is InChI=1S/C13H11N5O2S/c19-10(20)7-21-13-11-12(14-8-15-13)18(17-16-11)6-9-4-2-1-3-5-9/h1-5,8H,6-7H2,(H,19,20). The summed E-state index contributed by atoms with van der Waals surface area (Å²) in [5, 5.41) is 17.4. The summed E-state index contributed by atoms with van der Waals surface area (Å²) in [5.41, 5.74) is 2.21. The lowest BCUT2D eigenvalue weighted by Crippen LogP contribution is -2.03. The molecule has 1 N–H and O–H groups in total. The maximum absolute atomic E-state index is 10.6. The molecule has 2 heterocycles. The number of thioether (sulfide) groups is 1. The van der Waals surface area contributed by atoms with E-state index in [0.717, 1.165) is 17.3 Å². The molecule has 106 valence electrons. The minimum Gasteiger partial charge on any atom is -0.481 e. The lowest BCUT2D eigenvalue weighted by molar-refractivity contribution is -0.133. The van der Waals surface area contributed by atoms with Crippen molar-refractivity contribution in [2.75, 3.05) is 5.75 Å². The Morgan fingerprint density at radius 3 is 2.81 bits per heavy atom. The molecular weight excluding hydrogens is 290 g/mol. The highest BCUT2D eigenvalue weighted by Crippen LogP contribution is 2.22. The molecule has 8 heteroatoms. The third kappa shape index (κ3) is 3.00. The quantitative estimate of drug-likeness (QED) is 0.563. The van der Waals surface area contributed by atoms with Gasteiger partial charge in [-0.1, -0.05) is 47.3 Å². The maximum Gasteiger partial charge on any atom is 0.313 e. The molecule has 0 atom stereocenters. The van der Waals surface area contributed by atoms with Gasteiger partial charge < -0.3 is 5.11 Å². The SMILES string of the molecule is O=C(O)CSc1ncnc2c1nnn2Cc1ccccc1. The van der Waals surface area contributed by atoms with Crippen LogP contribution < -0.4 is 0 Å². The number of fused-ring (bicyclic) bond motifs is 1. The van der Waals surface area contributed by atoms with Crippen LogP contribution in [0.4, 0.5) is 0 Å². The normalized spacial score (nSPS) is 10.9. The van der Waals surface area contributed by atoms with Crippen LogP contribution in [-0.4, -0.2) is 41.8 Å². The van der Waals surface area contributed by atoms with E-state index >= 15 is 0 Å². The molecule has 7 nitrogen and oxygen atoms in total. The fourth-order valence-corrected chi connectivity index (χ4v) is 2.52. The average Bonchev–Trinajstić information content (AvgIpc) is 2.90. The summed E-state index contributed by atoms with van der Waals surface area (Å²) in [6.45, 7) is 0.553. The predicted molar refractivity (Wildman–Crippen MR) is 77.0 cm³/mol. The molecule has 3 rings (SSSR count). The zero-order valence-corrected chi connectivity index (χ0v) is 11.7. The molecule has 0 spiro atoms. The molecular formula is C13H11N5O2S. The van der Waals surface area contributed by atoms with Gasteiger partial charge in [-0.3, -0.25) is 4.79 Å². The molecule has 0 aliphatic heterocycles. The number of carboxylic acid groups (broad SMARTS) is 1. The Balaban J connectivity index is 1.91. The van der Waals surface area contributed by atoms with Crippen molar-refractivity contribution in [1.29, 1.82) is 0 Å². The molecule has 0 aliphatic rings. The second-order valence-corrected chi connectivity index (χ2v) is 5.23. The van der Waals surface area contributed by atoms with Crippen LogP contribution in [0.5, 0.6) is 0 Å². The van der Waals surface area contributed by atoms with Gasteiger partial charge in [0.2, 0.25) is 0 Å². The Labute approximate surface area is 124 Å². The predicted octanol–water partition coefficient (Wildman–Crippen LogP) is 1.45. The minimum absolute atomic E-state index is 0.0718. The Morgan fingerprint density at radius 1 is 1.24 bits per heavy atom. The molecule has 0 saturated carbocycles. The van der Waals surface area contributed by atoms with Gasteiger partial charge in [0.15, 0.2) is 11.2 Å². The maximum atomic E-state index is 10.6. The van der Waals surface area contributed by atoms with E-state index in [4.69, 9.17) is 5.11 Å². The van der Waals surface area contributed by atoms with Gasteiger partial charge in [0.25, 0.3) is 0 Å². The monoisotopic (exact) mass is 301 g/mol. The summed E-state index contributed by atoms with van der Waals surface area (Å²) in [6.07, 6.45) is 1.40. The number of rotatable bonds is 5. The van der Waals surface area contributed by atoms with Crippen molar-refractivity contribution in [3.05, 3.63) is 42.2 Å². The number of aromatic nitrogens is 5. The first-order chi connectivity index (χ1) is 10.2. The molecule has 21 heavy (non-hydrogen) atoms. The van der Waals surface area contributed by atoms with Gasteiger partial charge in [0.1, 0.15) is 11.4 Å². The van der Waals surface area contributed by atoms with Gasteiger partial charge in [-0.15, -0.1) is 5.10 Å². The van der Waals surface area contributed by atoms with Crippen molar-refractivity contribution in [3.8, 4) is 0 Å². The molecule has 3 aromatic rings. The van der Waals surface area contributed by atoms with Crippen molar-refractivity contribution >= 4 is 28.9 Å². The number of carbonyl (C=O) groups is 1. The molecule has 1 aromatic carbocycles. The van der Waals surface area contributed by atoms with E-state index in [1.54, 1.807) is 4.68 Å². The molecule has 0 unspecified atom stereocenters. The van der Waals surface area contributed by atoms with Crippen molar-refractivity contribution in [1.82, 2.24) is 25.0 Å². The Bertz CT molecular complexity index is 775. The first-order valence-electron chi connectivity index (χ1n) is 6.17. The summed E-state index contributed by atoms with van der Waals surface area (Å²) in [7, 11) is 0. The molecule has 0 aliphatic carbocycles. The van der Waals surface area contributed by atoms with Crippen LogP contribution in [0.2, 0.25) is 0 Å². The third-order valence-electron chi connectivity index (χ3n) is 2.77. The summed E-state index contributed by atoms with van der Waals surface area (Å²) in [5.74, 6) is -0.971. The van der Waals surface area contributed by atoms with Crippen LogP contribution in [0, 0.1) is 0 Å². The van der Waals surface area contributed by atoms with Crippen molar-refractivity contribution in [3.63, 3.8) is 0 Å². The highest BCUT2D eigenvalue weighted by atomic mass is 32.2. The van der Waals surface area contributed by atoms with Gasteiger partial charge >= 0.3 is 5.97 Å². The summed E-state index contributed by atoms with van der Waals surface area (Å²) in [6, 6.07) is 9.85. The smallest absolute Gasteiger partial charge is 0.313 e. The number of nitrogens with zero attached hydrogens (tertiary/aromatic N) is 5. The molecule has 0 fully saturated rings. The lowest BCUT2D eigenvalue weighted by Gasteiger charge is -2.02. The molecule has 0 bridgehead atoms. The molecule has 2 aromatic heterocycles. The highest BCUT2D eigenvalue weighted by Gasteiger charge is 2.13. The van der Waals surface area contributed by atoms with E-state index in [0.29, 0.717) is 22.7 Å². The van der Waals surface area contributed by atoms with Gasteiger partial charge in [0, 0.05) is 0 Å². The van der Waals surface area contributed by atoms with Gasteiger partial charge in [-0.25, -0.2) is 14.6 Å². The molecule has 0 radical (unpaired) electrons. The van der Waals surface area contributed by atoms with Crippen molar-refractivity contribution in [2.45, 2.75) is 11.6 Å². The van der Waals surface area contributed by atoms with Crippen LogP contribution in [0.15, 0.2) is 41.7 Å². The van der Waals surface area contributed by atoms with E-state index in [1.165, 1.54) is 6.33 Å². The second-order valence-electron chi connectivity index (χ2n) is 4.27. The van der Waals surface area contributed by atoms with Gasteiger partial charge in [0.05, 0.1) is 12.3 Å². The van der Waals surface area contributed by atoms with Crippen LogP contribution in [0.1, 0.15) is 5.56 Å². The summed E-state index contributed by atoms with van der Waals surface area (Å²) >= 11 is 1.11. The number of aliphatic carboxylic acids is 1. The number of hydrogen-bond acceptors (Lipinski definition) is 6. The lowest BCUT2D eigenvalue weighted by atomic mass is 10.2. The fourth-order valence-electron chi connectivity index (χ4n) is 1.87. The first-order valence-corrected chi connectivity index (χ1v) is 7.15. The minimum atomic E-state index is -0.900. The van der Waals surface area contributed by atoms with E-state index in [9.17, 15) is 4.79 Å². The van der Waals surface area contributed by atoms with Crippen molar-refractivity contribution < 1.29 is 9.90 Å². The third-order valence-corrected chi connectivity index (χ3v) is 3.74. The van der Waals surface area contributed by atoms with Gasteiger partial charge in [-0.2, -0.15) is 0 Å².